The number of halogens is 1. The number of benzene rings is 2. The molecule has 2 aromatic rings. The summed E-state index contributed by atoms with van der Waals surface area (Å²) < 4.78 is 23.9. The normalized spacial score (nSPS) is 12.5. The van der Waals surface area contributed by atoms with E-state index in [1.807, 2.05) is 19.1 Å². The Morgan fingerprint density at radius 2 is 1.77 bits per heavy atom. The molecular weight excluding hydrogens is 333 g/mol. The molecule has 0 heterocycles. The van der Waals surface area contributed by atoms with Gasteiger partial charge in [-0.15, -0.1) is 0 Å². The van der Waals surface area contributed by atoms with Crippen LogP contribution in [0, 0.1) is 5.82 Å². The van der Waals surface area contributed by atoms with Gasteiger partial charge >= 0.3 is 0 Å². The number of methoxy groups -OCH3 is 1. The molecule has 6 heteroatoms. The first kappa shape index (κ1) is 19.7. The Hall–Kier alpha value is -2.60. The number of hydrogen-bond donors (Lipinski definition) is 2. The number of guanidine groups is 1. The zero-order valence-corrected chi connectivity index (χ0v) is 15.5. The van der Waals surface area contributed by atoms with Gasteiger partial charge in [0.1, 0.15) is 17.7 Å². The van der Waals surface area contributed by atoms with Crippen LogP contribution in [0.1, 0.15) is 18.1 Å². The van der Waals surface area contributed by atoms with Gasteiger partial charge in [0.25, 0.3) is 0 Å². The van der Waals surface area contributed by atoms with Crippen LogP contribution in [0.5, 0.6) is 5.75 Å². The maximum atomic E-state index is 12.9. The topological polar surface area (TPSA) is 54.9 Å². The fourth-order valence-electron chi connectivity index (χ4n) is 2.45. The molecule has 0 radical (unpaired) electrons. The molecule has 0 saturated carbocycles. The van der Waals surface area contributed by atoms with Crippen molar-refractivity contribution in [2.24, 2.45) is 4.99 Å². The fourth-order valence-corrected chi connectivity index (χ4v) is 2.45. The predicted molar refractivity (Wildman–Crippen MR) is 102 cm³/mol. The highest BCUT2D eigenvalue weighted by Crippen LogP contribution is 2.13. The summed E-state index contributed by atoms with van der Waals surface area (Å²) in [5.74, 6) is 1.05. The summed E-state index contributed by atoms with van der Waals surface area (Å²) in [6.45, 7) is 3.73. The fraction of sp³-hybridized carbons (Fsp3) is 0.350. The Bertz CT molecular complexity index is 704. The first-order valence-electron chi connectivity index (χ1n) is 8.55. The molecule has 0 spiro atoms. The van der Waals surface area contributed by atoms with Crippen LogP contribution in [-0.2, 0) is 17.9 Å². The number of hydrogen-bond acceptors (Lipinski definition) is 3. The van der Waals surface area contributed by atoms with Crippen molar-refractivity contribution in [1.29, 1.82) is 0 Å². The van der Waals surface area contributed by atoms with Gasteiger partial charge in [-0.25, -0.2) is 4.39 Å². The molecule has 1 atom stereocenters. The van der Waals surface area contributed by atoms with Crippen LogP contribution in [0.4, 0.5) is 4.39 Å². The molecule has 5 nitrogen and oxygen atoms in total. The molecule has 26 heavy (non-hydrogen) atoms. The van der Waals surface area contributed by atoms with Gasteiger partial charge in [-0.05, 0) is 42.3 Å². The van der Waals surface area contributed by atoms with Crippen LogP contribution < -0.4 is 15.4 Å². The highest BCUT2D eigenvalue weighted by atomic mass is 19.1. The second-order valence-electron chi connectivity index (χ2n) is 5.89. The standard InChI is InChI=1S/C20H26FN3O2/c1-15(26-19-10-8-18(21)9-11-19)12-23-20(22-2)24-13-16-6-4-5-7-17(16)14-25-3/h4-11,15H,12-14H2,1-3H3,(H2,22,23,24). The minimum Gasteiger partial charge on any atom is -0.489 e. The van der Waals surface area contributed by atoms with E-state index in [2.05, 4.69) is 27.8 Å². The quantitative estimate of drug-likeness (QED) is 0.562. The van der Waals surface area contributed by atoms with Gasteiger partial charge in [-0.1, -0.05) is 24.3 Å². The second-order valence-corrected chi connectivity index (χ2v) is 5.89. The second kappa shape index (κ2) is 10.4. The third-order valence-electron chi connectivity index (χ3n) is 3.80. The van der Waals surface area contributed by atoms with Gasteiger partial charge in [0.2, 0.25) is 0 Å². The number of rotatable bonds is 8. The third-order valence-corrected chi connectivity index (χ3v) is 3.80. The highest BCUT2D eigenvalue weighted by molar-refractivity contribution is 5.79. The predicted octanol–water partition coefficient (Wildman–Crippen LogP) is 3.10. The molecule has 2 rings (SSSR count). The van der Waals surface area contributed by atoms with Crippen LogP contribution in [0.15, 0.2) is 53.5 Å². The Labute approximate surface area is 154 Å². The molecule has 0 fully saturated rings. The van der Waals surface area contributed by atoms with Gasteiger partial charge in [0.05, 0.1) is 13.2 Å². The maximum Gasteiger partial charge on any atom is 0.191 e. The smallest absolute Gasteiger partial charge is 0.191 e. The van der Waals surface area contributed by atoms with E-state index in [9.17, 15) is 4.39 Å². The lowest BCUT2D eigenvalue weighted by molar-refractivity contribution is 0.184. The van der Waals surface area contributed by atoms with E-state index in [0.29, 0.717) is 31.4 Å². The summed E-state index contributed by atoms with van der Waals surface area (Å²) in [5, 5.41) is 6.52. The molecule has 1 unspecified atom stereocenters. The molecule has 0 saturated heterocycles. The molecule has 0 aliphatic heterocycles. The highest BCUT2D eigenvalue weighted by Gasteiger charge is 2.07. The van der Waals surface area contributed by atoms with Crippen LogP contribution >= 0.6 is 0 Å². The monoisotopic (exact) mass is 359 g/mol. The molecule has 0 aromatic heterocycles. The van der Waals surface area contributed by atoms with Gasteiger partial charge in [0.15, 0.2) is 5.96 Å². The molecule has 2 aromatic carbocycles. The van der Waals surface area contributed by atoms with Gasteiger partial charge in [0, 0.05) is 20.7 Å². The zero-order chi connectivity index (χ0) is 18.8. The van der Waals surface area contributed by atoms with E-state index in [1.54, 1.807) is 26.3 Å². The number of nitrogens with zero attached hydrogens (tertiary/aromatic N) is 1. The van der Waals surface area contributed by atoms with Gasteiger partial charge in [-0.3, -0.25) is 4.99 Å². The molecule has 0 aliphatic carbocycles. The SMILES string of the molecule is CN=C(NCc1ccccc1COC)NCC(C)Oc1ccc(F)cc1. The summed E-state index contributed by atoms with van der Waals surface area (Å²) in [6, 6.07) is 14.1. The summed E-state index contributed by atoms with van der Waals surface area (Å²) >= 11 is 0. The van der Waals surface area contributed by atoms with Crippen molar-refractivity contribution >= 4 is 5.96 Å². The van der Waals surface area contributed by atoms with Crippen molar-refractivity contribution in [1.82, 2.24) is 10.6 Å². The average Bonchev–Trinajstić information content (AvgIpc) is 2.65. The van der Waals surface area contributed by atoms with E-state index in [-0.39, 0.29) is 11.9 Å². The summed E-state index contributed by atoms with van der Waals surface area (Å²) in [6.07, 6.45) is -0.0974. The molecule has 0 aliphatic rings. The van der Waals surface area contributed by atoms with Crippen molar-refractivity contribution in [2.75, 3.05) is 20.7 Å². The molecule has 0 amide bonds. The Morgan fingerprint density at radius 1 is 1.08 bits per heavy atom. The minimum absolute atomic E-state index is 0.0974. The largest absolute Gasteiger partial charge is 0.489 e. The zero-order valence-electron chi connectivity index (χ0n) is 15.5. The number of ether oxygens (including phenoxy) is 2. The lowest BCUT2D eigenvalue weighted by atomic mass is 10.1. The van der Waals surface area contributed by atoms with Crippen molar-refractivity contribution in [3.05, 3.63) is 65.5 Å². The van der Waals surface area contributed by atoms with E-state index >= 15 is 0 Å². The van der Waals surface area contributed by atoms with Crippen LogP contribution in [0.2, 0.25) is 0 Å². The van der Waals surface area contributed by atoms with Gasteiger partial charge in [-0.2, -0.15) is 0 Å². The van der Waals surface area contributed by atoms with Crippen molar-refractivity contribution < 1.29 is 13.9 Å². The lowest BCUT2D eigenvalue weighted by Crippen LogP contribution is -2.41. The van der Waals surface area contributed by atoms with Crippen molar-refractivity contribution in [2.45, 2.75) is 26.2 Å². The van der Waals surface area contributed by atoms with E-state index in [1.165, 1.54) is 12.1 Å². The number of nitrogens with one attached hydrogen (secondary N) is 2. The maximum absolute atomic E-state index is 12.9. The van der Waals surface area contributed by atoms with E-state index < -0.39 is 0 Å². The number of aliphatic imine (C=N–C) groups is 1. The summed E-state index contributed by atoms with van der Waals surface area (Å²) in [4.78, 5) is 4.23. The van der Waals surface area contributed by atoms with Gasteiger partial charge < -0.3 is 20.1 Å². The first-order chi connectivity index (χ1) is 12.6. The van der Waals surface area contributed by atoms with Crippen LogP contribution in [0.25, 0.3) is 0 Å². The average molecular weight is 359 g/mol. The van der Waals surface area contributed by atoms with Crippen molar-refractivity contribution in [3.8, 4) is 5.75 Å². The molecule has 2 N–H and O–H groups in total. The summed E-state index contributed by atoms with van der Waals surface area (Å²) in [5.41, 5.74) is 2.30. The molecular formula is C20H26FN3O2. The Balaban J connectivity index is 1.81. The Kier molecular flexibility index (Phi) is 7.89. The summed E-state index contributed by atoms with van der Waals surface area (Å²) in [7, 11) is 3.41. The minimum atomic E-state index is -0.276. The van der Waals surface area contributed by atoms with E-state index in [0.717, 1.165) is 11.1 Å². The first-order valence-corrected chi connectivity index (χ1v) is 8.55. The van der Waals surface area contributed by atoms with Crippen LogP contribution in [0.3, 0.4) is 0 Å². The van der Waals surface area contributed by atoms with Crippen molar-refractivity contribution in [3.63, 3.8) is 0 Å². The Morgan fingerprint density at radius 3 is 2.42 bits per heavy atom. The van der Waals surface area contributed by atoms with Crippen LogP contribution in [-0.4, -0.2) is 32.8 Å². The third kappa shape index (κ3) is 6.37. The molecule has 140 valence electrons. The van der Waals surface area contributed by atoms with E-state index in [4.69, 9.17) is 9.47 Å². The molecule has 0 bridgehead atoms. The lowest BCUT2D eigenvalue weighted by Gasteiger charge is -2.18.